The number of rotatable bonds is 14. The van der Waals surface area contributed by atoms with E-state index in [2.05, 4.69) is 61.5 Å². The molecular weight excluding hydrogens is 460 g/mol. The normalized spacial score (nSPS) is 12.5. The Bertz CT molecular complexity index is 1130. The standard InChI is InChI=1S/C33H38O4/c1-3-5-6-7-12-22-37-32(33(34)35-4-2)24-25-17-19-26(20-18-25)36-23-21-31-29-15-10-8-13-27(29)28-14-9-11-16-30(28)31/h8-11,13-21,32H,3-7,12,22-24H2,1-2H3. The average Bonchev–Trinajstić information content (AvgIpc) is 3.25. The molecule has 1 aliphatic carbocycles. The molecule has 0 N–H and O–H groups in total. The van der Waals surface area contributed by atoms with E-state index in [4.69, 9.17) is 14.2 Å². The third-order valence-corrected chi connectivity index (χ3v) is 6.72. The van der Waals surface area contributed by atoms with Crippen LogP contribution < -0.4 is 4.74 Å². The van der Waals surface area contributed by atoms with Gasteiger partial charge in [-0.2, -0.15) is 0 Å². The fourth-order valence-corrected chi connectivity index (χ4v) is 4.80. The summed E-state index contributed by atoms with van der Waals surface area (Å²) in [7, 11) is 0. The van der Waals surface area contributed by atoms with Crippen LogP contribution in [0, 0.1) is 0 Å². The van der Waals surface area contributed by atoms with E-state index in [1.807, 2.05) is 31.2 Å². The Morgan fingerprint density at radius 3 is 2.03 bits per heavy atom. The van der Waals surface area contributed by atoms with E-state index < -0.39 is 6.10 Å². The second-order valence-corrected chi connectivity index (χ2v) is 9.39. The molecule has 0 radical (unpaired) electrons. The zero-order valence-electron chi connectivity index (χ0n) is 22.1. The molecular formula is C33H38O4. The molecule has 0 saturated carbocycles. The minimum absolute atomic E-state index is 0.292. The van der Waals surface area contributed by atoms with Crippen LogP contribution in [0.2, 0.25) is 0 Å². The Morgan fingerprint density at radius 2 is 1.41 bits per heavy atom. The Kier molecular flexibility index (Phi) is 9.96. The molecule has 3 aromatic carbocycles. The molecule has 37 heavy (non-hydrogen) atoms. The van der Waals surface area contributed by atoms with Crippen LogP contribution in [0.4, 0.5) is 0 Å². The van der Waals surface area contributed by atoms with Crippen LogP contribution in [0.3, 0.4) is 0 Å². The van der Waals surface area contributed by atoms with Crippen molar-refractivity contribution in [1.82, 2.24) is 0 Å². The molecule has 4 heteroatoms. The highest BCUT2D eigenvalue weighted by atomic mass is 16.6. The predicted octanol–water partition coefficient (Wildman–Crippen LogP) is 7.64. The van der Waals surface area contributed by atoms with E-state index in [1.165, 1.54) is 47.1 Å². The highest BCUT2D eigenvalue weighted by molar-refractivity contribution is 6.01. The van der Waals surface area contributed by atoms with Crippen molar-refractivity contribution in [2.45, 2.75) is 58.5 Å². The van der Waals surface area contributed by atoms with Gasteiger partial charge in [0.25, 0.3) is 0 Å². The molecule has 1 aliphatic rings. The topological polar surface area (TPSA) is 44.8 Å². The van der Waals surface area contributed by atoms with Gasteiger partial charge in [-0.15, -0.1) is 0 Å². The van der Waals surface area contributed by atoms with Crippen molar-refractivity contribution in [3.63, 3.8) is 0 Å². The van der Waals surface area contributed by atoms with Gasteiger partial charge in [0.2, 0.25) is 0 Å². The molecule has 194 valence electrons. The smallest absolute Gasteiger partial charge is 0.335 e. The third-order valence-electron chi connectivity index (χ3n) is 6.72. The maximum absolute atomic E-state index is 12.4. The first-order valence-electron chi connectivity index (χ1n) is 13.6. The summed E-state index contributed by atoms with van der Waals surface area (Å²) < 4.78 is 17.2. The maximum Gasteiger partial charge on any atom is 0.335 e. The largest absolute Gasteiger partial charge is 0.490 e. The number of esters is 1. The molecule has 0 fully saturated rings. The van der Waals surface area contributed by atoms with Gasteiger partial charge in [-0.3, -0.25) is 0 Å². The minimum Gasteiger partial charge on any atom is -0.490 e. The summed E-state index contributed by atoms with van der Waals surface area (Å²) in [4.78, 5) is 12.4. The van der Waals surface area contributed by atoms with Crippen molar-refractivity contribution in [2.75, 3.05) is 19.8 Å². The van der Waals surface area contributed by atoms with E-state index in [-0.39, 0.29) is 5.97 Å². The van der Waals surface area contributed by atoms with Gasteiger partial charge in [0, 0.05) is 13.0 Å². The SMILES string of the molecule is CCCCCCCOC(Cc1ccc(OCC=C2c3ccccc3-c3ccccc32)cc1)C(=O)OCC. The monoisotopic (exact) mass is 498 g/mol. The summed E-state index contributed by atoms with van der Waals surface area (Å²) in [5.41, 5.74) is 7.28. The molecule has 0 saturated heterocycles. The lowest BCUT2D eigenvalue weighted by molar-refractivity contribution is -0.156. The van der Waals surface area contributed by atoms with Gasteiger partial charge >= 0.3 is 5.97 Å². The van der Waals surface area contributed by atoms with Crippen molar-refractivity contribution in [3.05, 3.63) is 95.6 Å². The van der Waals surface area contributed by atoms with Gasteiger partial charge in [-0.1, -0.05) is 93.3 Å². The molecule has 4 rings (SSSR count). The van der Waals surface area contributed by atoms with Crippen LogP contribution in [0.1, 0.15) is 62.6 Å². The summed E-state index contributed by atoms with van der Waals surface area (Å²) in [5, 5.41) is 0. The molecule has 0 bridgehead atoms. The van der Waals surface area contributed by atoms with E-state index in [9.17, 15) is 4.79 Å². The van der Waals surface area contributed by atoms with Crippen molar-refractivity contribution < 1.29 is 19.0 Å². The molecule has 1 unspecified atom stereocenters. The lowest BCUT2D eigenvalue weighted by atomic mass is 10.0. The number of benzene rings is 3. The number of unbranched alkanes of at least 4 members (excludes halogenated alkanes) is 4. The fourth-order valence-electron chi connectivity index (χ4n) is 4.80. The maximum atomic E-state index is 12.4. The van der Waals surface area contributed by atoms with Gasteiger partial charge in [-0.05, 0) is 64.9 Å². The number of hydrogen-bond donors (Lipinski definition) is 0. The van der Waals surface area contributed by atoms with Crippen molar-refractivity contribution in [2.24, 2.45) is 0 Å². The molecule has 4 nitrogen and oxygen atoms in total. The number of fused-ring (bicyclic) bond motifs is 3. The Balaban J connectivity index is 1.34. The molecule has 1 atom stereocenters. The van der Waals surface area contributed by atoms with Crippen LogP contribution in [-0.2, 0) is 20.7 Å². The Labute approximate surface area is 221 Å². The van der Waals surface area contributed by atoms with Crippen LogP contribution in [0.5, 0.6) is 5.75 Å². The molecule has 0 aliphatic heterocycles. The number of hydrogen-bond acceptors (Lipinski definition) is 4. The third kappa shape index (κ3) is 7.11. The summed E-state index contributed by atoms with van der Waals surface area (Å²) >= 11 is 0. The summed E-state index contributed by atoms with van der Waals surface area (Å²) in [5.74, 6) is 0.504. The van der Waals surface area contributed by atoms with Crippen molar-refractivity contribution in [1.29, 1.82) is 0 Å². The average molecular weight is 499 g/mol. The minimum atomic E-state index is -0.579. The Morgan fingerprint density at radius 1 is 0.784 bits per heavy atom. The quantitative estimate of drug-likeness (QED) is 0.132. The van der Waals surface area contributed by atoms with Gasteiger partial charge in [0.15, 0.2) is 6.10 Å². The van der Waals surface area contributed by atoms with Gasteiger partial charge in [0.05, 0.1) is 6.61 Å². The number of carbonyl (C=O) groups excluding carboxylic acids is 1. The highest BCUT2D eigenvalue weighted by Crippen LogP contribution is 2.43. The van der Waals surface area contributed by atoms with E-state index in [0.29, 0.717) is 26.2 Å². The highest BCUT2D eigenvalue weighted by Gasteiger charge is 2.22. The number of ether oxygens (including phenoxy) is 3. The zero-order chi connectivity index (χ0) is 25.9. The zero-order valence-corrected chi connectivity index (χ0v) is 22.1. The fraction of sp³-hybridized carbons (Fsp3) is 0.364. The van der Waals surface area contributed by atoms with Crippen LogP contribution in [-0.4, -0.2) is 31.9 Å². The molecule has 0 amide bonds. The molecule has 0 aromatic heterocycles. The van der Waals surface area contributed by atoms with E-state index in [0.717, 1.165) is 24.2 Å². The first-order valence-corrected chi connectivity index (χ1v) is 13.6. The van der Waals surface area contributed by atoms with Crippen LogP contribution in [0.25, 0.3) is 16.7 Å². The lowest BCUT2D eigenvalue weighted by Gasteiger charge is -2.17. The van der Waals surface area contributed by atoms with E-state index in [1.54, 1.807) is 0 Å². The van der Waals surface area contributed by atoms with Gasteiger partial charge in [-0.25, -0.2) is 4.79 Å². The second kappa shape index (κ2) is 13.8. The van der Waals surface area contributed by atoms with Crippen molar-refractivity contribution in [3.8, 4) is 16.9 Å². The first-order chi connectivity index (χ1) is 18.2. The second-order valence-electron chi connectivity index (χ2n) is 9.39. The summed E-state index contributed by atoms with van der Waals surface area (Å²) in [6.45, 7) is 5.43. The first kappa shape index (κ1) is 26.7. The van der Waals surface area contributed by atoms with Gasteiger partial charge in [0.1, 0.15) is 12.4 Å². The van der Waals surface area contributed by atoms with Crippen molar-refractivity contribution >= 4 is 11.5 Å². The predicted molar refractivity (Wildman–Crippen MR) is 150 cm³/mol. The molecule has 0 spiro atoms. The molecule has 3 aromatic rings. The summed E-state index contributed by atoms with van der Waals surface area (Å²) in [6, 6.07) is 24.9. The van der Waals surface area contributed by atoms with Crippen LogP contribution >= 0.6 is 0 Å². The molecule has 0 heterocycles. The number of carbonyl (C=O) groups is 1. The van der Waals surface area contributed by atoms with Gasteiger partial charge < -0.3 is 14.2 Å². The summed E-state index contributed by atoms with van der Waals surface area (Å²) in [6.07, 6.45) is 7.83. The lowest BCUT2D eigenvalue weighted by Crippen LogP contribution is -2.29. The Hall–Kier alpha value is -3.37. The van der Waals surface area contributed by atoms with Crippen LogP contribution in [0.15, 0.2) is 78.9 Å². The van der Waals surface area contributed by atoms with E-state index >= 15 is 0 Å².